The minimum absolute atomic E-state index is 0.0983. The van der Waals surface area contributed by atoms with E-state index in [0.717, 1.165) is 11.3 Å². The zero-order chi connectivity index (χ0) is 12.3. The van der Waals surface area contributed by atoms with E-state index in [2.05, 4.69) is 5.32 Å². The Morgan fingerprint density at radius 3 is 2.56 bits per heavy atom. The second kappa shape index (κ2) is 5.87. The predicted octanol–water partition coefficient (Wildman–Crippen LogP) is 2.80. The quantitative estimate of drug-likeness (QED) is 0.892. The maximum Gasteiger partial charge on any atom is 0.254 e. The molecule has 0 bridgehead atoms. The van der Waals surface area contributed by atoms with Crippen LogP contribution in [-0.2, 0) is 0 Å². The average Bonchev–Trinajstić information content (AvgIpc) is 2.53. The van der Waals surface area contributed by atoms with Crippen molar-refractivity contribution in [3.63, 3.8) is 0 Å². The largest absolute Gasteiger partial charge is 0.394 e. The Morgan fingerprint density at radius 2 is 2.19 bits per heavy atom. The monoisotopic (exact) mass is 281 g/mol. The van der Waals surface area contributed by atoms with Gasteiger partial charge in [-0.25, -0.2) is 0 Å². The molecule has 0 unspecified atom stereocenters. The standard InChI is InChI=1S/C10H13Cl2NO2S/c1-5(2)7(4-14)13-10(15)6-3-8(11)16-9(6)12/h3,5,7,14H,4H2,1-2H3,(H,13,15)/t7-/m1/s1. The second-order valence-electron chi connectivity index (χ2n) is 3.74. The van der Waals surface area contributed by atoms with Crippen molar-refractivity contribution in [1.82, 2.24) is 5.32 Å². The highest BCUT2D eigenvalue weighted by Gasteiger charge is 2.19. The zero-order valence-electron chi connectivity index (χ0n) is 8.96. The number of halogens is 2. The molecule has 0 saturated heterocycles. The number of hydrogen-bond acceptors (Lipinski definition) is 3. The van der Waals surface area contributed by atoms with Gasteiger partial charge in [-0.2, -0.15) is 0 Å². The van der Waals surface area contributed by atoms with Crippen molar-refractivity contribution in [2.45, 2.75) is 19.9 Å². The van der Waals surface area contributed by atoms with Crippen LogP contribution in [0.3, 0.4) is 0 Å². The first-order valence-electron chi connectivity index (χ1n) is 4.82. The van der Waals surface area contributed by atoms with Crippen molar-refractivity contribution in [2.75, 3.05) is 6.61 Å². The lowest BCUT2D eigenvalue weighted by atomic mass is 10.1. The summed E-state index contributed by atoms with van der Waals surface area (Å²) in [6.07, 6.45) is 0. The zero-order valence-corrected chi connectivity index (χ0v) is 11.3. The fraction of sp³-hybridized carbons (Fsp3) is 0.500. The molecule has 0 aromatic carbocycles. The number of hydrogen-bond donors (Lipinski definition) is 2. The number of carbonyl (C=O) groups is 1. The number of rotatable bonds is 4. The second-order valence-corrected chi connectivity index (χ2v) is 6.03. The molecule has 1 aromatic rings. The Morgan fingerprint density at radius 1 is 1.56 bits per heavy atom. The molecule has 90 valence electrons. The minimum atomic E-state index is -0.305. The molecule has 6 heteroatoms. The summed E-state index contributed by atoms with van der Waals surface area (Å²) < 4.78 is 0.836. The number of thiophene rings is 1. The predicted molar refractivity (Wildman–Crippen MR) is 67.5 cm³/mol. The van der Waals surface area contributed by atoms with E-state index >= 15 is 0 Å². The van der Waals surface area contributed by atoms with Gasteiger partial charge in [0.1, 0.15) is 4.34 Å². The Hall–Kier alpha value is -0.290. The van der Waals surface area contributed by atoms with Gasteiger partial charge in [0.05, 0.1) is 22.5 Å². The molecule has 16 heavy (non-hydrogen) atoms. The third-order valence-electron chi connectivity index (χ3n) is 2.22. The van der Waals surface area contributed by atoms with Crippen molar-refractivity contribution in [3.8, 4) is 0 Å². The van der Waals surface area contributed by atoms with Crippen LogP contribution in [0.5, 0.6) is 0 Å². The normalized spacial score (nSPS) is 12.9. The van der Waals surface area contributed by atoms with E-state index in [-0.39, 0.29) is 24.5 Å². The van der Waals surface area contributed by atoms with Crippen LogP contribution in [0.4, 0.5) is 0 Å². The van der Waals surface area contributed by atoms with Crippen LogP contribution in [0.25, 0.3) is 0 Å². The molecule has 3 nitrogen and oxygen atoms in total. The molecule has 0 radical (unpaired) electrons. The van der Waals surface area contributed by atoms with Crippen LogP contribution in [0.2, 0.25) is 8.67 Å². The maximum absolute atomic E-state index is 11.8. The minimum Gasteiger partial charge on any atom is -0.394 e. The van der Waals surface area contributed by atoms with Crippen LogP contribution < -0.4 is 5.32 Å². The summed E-state index contributed by atoms with van der Waals surface area (Å²) in [4.78, 5) is 11.8. The number of carbonyl (C=O) groups excluding carboxylic acids is 1. The Bertz CT molecular complexity index is 379. The van der Waals surface area contributed by atoms with Crippen molar-refractivity contribution in [3.05, 3.63) is 20.3 Å². The van der Waals surface area contributed by atoms with Crippen molar-refractivity contribution in [2.24, 2.45) is 5.92 Å². The molecule has 1 rings (SSSR count). The van der Waals surface area contributed by atoms with Gasteiger partial charge in [-0.3, -0.25) is 4.79 Å². The van der Waals surface area contributed by atoms with Crippen LogP contribution >= 0.6 is 34.5 Å². The number of aliphatic hydroxyl groups excluding tert-OH is 1. The van der Waals surface area contributed by atoms with Crippen molar-refractivity contribution >= 4 is 40.4 Å². The Balaban J connectivity index is 2.75. The van der Waals surface area contributed by atoms with Gasteiger partial charge in [0.25, 0.3) is 5.91 Å². The summed E-state index contributed by atoms with van der Waals surface area (Å²) in [6.45, 7) is 3.74. The van der Waals surface area contributed by atoms with Gasteiger partial charge < -0.3 is 10.4 Å². The van der Waals surface area contributed by atoms with E-state index < -0.39 is 0 Å². The fourth-order valence-electron chi connectivity index (χ4n) is 1.16. The lowest BCUT2D eigenvalue weighted by Crippen LogP contribution is -2.41. The van der Waals surface area contributed by atoms with Crippen molar-refractivity contribution in [1.29, 1.82) is 0 Å². The van der Waals surface area contributed by atoms with Gasteiger partial charge in [0.15, 0.2) is 0 Å². The van der Waals surface area contributed by atoms with E-state index in [4.69, 9.17) is 28.3 Å². The van der Waals surface area contributed by atoms with E-state index in [1.807, 2.05) is 13.8 Å². The third kappa shape index (κ3) is 3.35. The lowest BCUT2D eigenvalue weighted by molar-refractivity contribution is 0.0897. The summed E-state index contributed by atoms with van der Waals surface area (Å²) >= 11 is 12.8. The number of aliphatic hydroxyl groups is 1. The van der Waals surface area contributed by atoms with Gasteiger partial charge in [0.2, 0.25) is 0 Å². The molecule has 0 aliphatic rings. The summed E-state index contributed by atoms with van der Waals surface area (Å²) in [6, 6.07) is 1.25. The van der Waals surface area contributed by atoms with Crippen LogP contribution in [0.1, 0.15) is 24.2 Å². The van der Waals surface area contributed by atoms with Gasteiger partial charge in [-0.1, -0.05) is 37.0 Å². The molecule has 1 aromatic heterocycles. The molecular weight excluding hydrogens is 269 g/mol. The summed E-state index contributed by atoms with van der Waals surface area (Å²) in [5.74, 6) is -0.150. The first-order valence-corrected chi connectivity index (χ1v) is 6.39. The first-order chi connectivity index (χ1) is 7.45. The smallest absolute Gasteiger partial charge is 0.254 e. The van der Waals surface area contributed by atoms with E-state index in [1.165, 1.54) is 6.07 Å². The van der Waals surface area contributed by atoms with Crippen LogP contribution in [-0.4, -0.2) is 23.7 Å². The highest BCUT2D eigenvalue weighted by Crippen LogP contribution is 2.31. The van der Waals surface area contributed by atoms with Crippen LogP contribution in [0, 0.1) is 5.92 Å². The molecule has 0 fully saturated rings. The first kappa shape index (κ1) is 13.8. The van der Waals surface area contributed by atoms with Gasteiger partial charge >= 0.3 is 0 Å². The highest BCUT2D eigenvalue weighted by molar-refractivity contribution is 7.20. The van der Waals surface area contributed by atoms with Crippen LogP contribution in [0.15, 0.2) is 6.07 Å². The third-order valence-corrected chi connectivity index (χ3v) is 3.71. The maximum atomic E-state index is 11.8. The van der Waals surface area contributed by atoms with Gasteiger partial charge in [0, 0.05) is 0 Å². The van der Waals surface area contributed by atoms with E-state index in [1.54, 1.807) is 0 Å². The molecular formula is C10H13Cl2NO2S. The summed E-state index contributed by atoms with van der Waals surface area (Å²) in [5, 5.41) is 11.8. The van der Waals surface area contributed by atoms with Gasteiger partial charge in [-0.15, -0.1) is 11.3 Å². The molecule has 0 spiro atoms. The molecule has 1 heterocycles. The molecule has 2 N–H and O–H groups in total. The Labute approximate surface area is 108 Å². The molecule has 1 amide bonds. The average molecular weight is 282 g/mol. The van der Waals surface area contributed by atoms with Crippen molar-refractivity contribution < 1.29 is 9.90 Å². The van der Waals surface area contributed by atoms with E-state index in [0.29, 0.717) is 14.2 Å². The highest BCUT2D eigenvalue weighted by atomic mass is 35.5. The number of nitrogens with one attached hydrogen (secondary N) is 1. The van der Waals surface area contributed by atoms with Gasteiger partial charge in [-0.05, 0) is 12.0 Å². The number of amides is 1. The SMILES string of the molecule is CC(C)[C@@H](CO)NC(=O)c1cc(Cl)sc1Cl. The fourth-order valence-corrected chi connectivity index (χ4v) is 2.62. The Kier molecular flexibility index (Phi) is 5.05. The molecule has 0 aliphatic carbocycles. The summed E-state index contributed by atoms with van der Waals surface area (Å²) in [5.41, 5.74) is 0.357. The molecule has 0 aliphatic heterocycles. The van der Waals surface area contributed by atoms with E-state index in [9.17, 15) is 4.79 Å². The summed E-state index contributed by atoms with van der Waals surface area (Å²) in [7, 11) is 0. The lowest BCUT2D eigenvalue weighted by Gasteiger charge is -2.19. The topological polar surface area (TPSA) is 49.3 Å². The molecule has 1 atom stereocenters. The molecule has 0 saturated carbocycles.